The standard InChI is InChI=1S/C11H12O2/c1-2-3-4-9-5-7-10(12)11(13)8-6-9/h2-3,5-8H,4H2,1H3,(H,12,13)/b3-2+. The lowest BCUT2D eigenvalue weighted by molar-refractivity contribution is 0.471. The molecule has 1 rings (SSSR count). The molecule has 1 aromatic rings. The molecule has 0 saturated heterocycles. The van der Waals surface area contributed by atoms with Crippen LogP contribution in [0.15, 0.2) is 41.2 Å². The van der Waals surface area contributed by atoms with Crippen molar-refractivity contribution in [3.63, 3.8) is 0 Å². The Morgan fingerprint density at radius 1 is 1.31 bits per heavy atom. The normalized spacial score (nSPS) is 10.5. The molecule has 1 N–H and O–H groups in total. The Hall–Kier alpha value is -1.57. The van der Waals surface area contributed by atoms with Crippen molar-refractivity contribution in [1.29, 1.82) is 0 Å². The Balaban J connectivity index is 3.02. The highest BCUT2D eigenvalue weighted by atomic mass is 16.3. The van der Waals surface area contributed by atoms with Gasteiger partial charge in [0.2, 0.25) is 5.43 Å². The van der Waals surface area contributed by atoms with E-state index in [2.05, 4.69) is 0 Å². The van der Waals surface area contributed by atoms with Crippen molar-refractivity contribution < 1.29 is 5.11 Å². The summed E-state index contributed by atoms with van der Waals surface area (Å²) in [5, 5.41) is 9.10. The van der Waals surface area contributed by atoms with Crippen molar-refractivity contribution in [2.75, 3.05) is 0 Å². The quantitative estimate of drug-likeness (QED) is 0.698. The Morgan fingerprint density at radius 3 is 2.69 bits per heavy atom. The monoisotopic (exact) mass is 176 g/mol. The predicted molar refractivity (Wildman–Crippen MR) is 52.9 cm³/mol. The molecule has 0 radical (unpaired) electrons. The number of aromatic hydroxyl groups is 1. The van der Waals surface area contributed by atoms with Crippen LogP contribution in [0.1, 0.15) is 12.5 Å². The van der Waals surface area contributed by atoms with Crippen molar-refractivity contribution in [3.05, 3.63) is 52.2 Å². The summed E-state index contributed by atoms with van der Waals surface area (Å²) in [4.78, 5) is 11.0. The summed E-state index contributed by atoms with van der Waals surface area (Å²) in [6, 6.07) is 6.29. The molecule has 0 aliphatic rings. The molecule has 0 unspecified atom stereocenters. The van der Waals surface area contributed by atoms with Gasteiger partial charge in [0.1, 0.15) is 0 Å². The van der Waals surface area contributed by atoms with Crippen LogP contribution in [0, 0.1) is 0 Å². The molecule has 0 aliphatic heterocycles. The SMILES string of the molecule is C/C=C/Cc1ccc(O)c(=O)cc1. The zero-order chi connectivity index (χ0) is 9.68. The molecule has 0 atom stereocenters. The Bertz CT molecular complexity index is 367. The van der Waals surface area contributed by atoms with Gasteiger partial charge in [0, 0.05) is 0 Å². The fourth-order valence-corrected chi connectivity index (χ4v) is 0.982. The third-order valence-corrected chi connectivity index (χ3v) is 1.75. The molecule has 0 spiro atoms. The van der Waals surface area contributed by atoms with Crippen molar-refractivity contribution in [3.8, 4) is 5.75 Å². The van der Waals surface area contributed by atoms with Gasteiger partial charge in [0.05, 0.1) is 0 Å². The van der Waals surface area contributed by atoms with E-state index in [1.54, 1.807) is 12.1 Å². The second-order valence-electron chi connectivity index (χ2n) is 2.76. The molecule has 0 aliphatic carbocycles. The molecule has 13 heavy (non-hydrogen) atoms. The van der Waals surface area contributed by atoms with Crippen LogP contribution in [0.25, 0.3) is 0 Å². The minimum absolute atomic E-state index is 0.202. The number of allylic oxidation sites excluding steroid dienone is 2. The molecule has 0 bridgehead atoms. The zero-order valence-corrected chi connectivity index (χ0v) is 7.53. The highest BCUT2D eigenvalue weighted by Gasteiger charge is 1.92. The number of rotatable bonds is 2. The zero-order valence-electron chi connectivity index (χ0n) is 7.53. The van der Waals surface area contributed by atoms with E-state index in [0.717, 1.165) is 12.0 Å². The summed E-state index contributed by atoms with van der Waals surface area (Å²) < 4.78 is 0. The van der Waals surface area contributed by atoms with Gasteiger partial charge in [-0.25, -0.2) is 0 Å². The summed E-state index contributed by atoms with van der Waals surface area (Å²) >= 11 is 0. The lowest BCUT2D eigenvalue weighted by Crippen LogP contribution is -1.91. The van der Waals surface area contributed by atoms with Gasteiger partial charge in [-0.2, -0.15) is 0 Å². The molecule has 2 heteroatoms. The smallest absolute Gasteiger partial charge is 0.220 e. The molecule has 1 aromatic carbocycles. The molecule has 0 fully saturated rings. The minimum Gasteiger partial charge on any atom is -0.504 e. The van der Waals surface area contributed by atoms with Crippen molar-refractivity contribution in [2.45, 2.75) is 13.3 Å². The van der Waals surface area contributed by atoms with Gasteiger partial charge in [-0.05, 0) is 31.0 Å². The van der Waals surface area contributed by atoms with Crippen LogP contribution in [-0.4, -0.2) is 5.11 Å². The maximum absolute atomic E-state index is 11.0. The molecular formula is C11H12O2. The lowest BCUT2D eigenvalue weighted by Gasteiger charge is -1.87. The van der Waals surface area contributed by atoms with Gasteiger partial charge in [-0.15, -0.1) is 0 Å². The second kappa shape index (κ2) is 4.45. The van der Waals surface area contributed by atoms with Crippen LogP contribution >= 0.6 is 0 Å². The first-order chi connectivity index (χ1) is 6.24. The van der Waals surface area contributed by atoms with Crippen LogP contribution in [-0.2, 0) is 6.42 Å². The fraction of sp³-hybridized carbons (Fsp3) is 0.182. The summed E-state index contributed by atoms with van der Waals surface area (Å²) in [6.07, 6.45) is 4.73. The lowest BCUT2D eigenvalue weighted by atomic mass is 10.2. The van der Waals surface area contributed by atoms with E-state index in [-0.39, 0.29) is 11.2 Å². The molecule has 0 aromatic heterocycles. The molecule has 0 saturated carbocycles. The average Bonchev–Trinajstić information content (AvgIpc) is 2.29. The van der Waals surface area contributed by atoms with Gasteiger partial charge < -0.3 is 5.11 Å². The molecule has 0 heterocycles. The van der Waals surface area contributed by atoms with Gasteiger partial charge in [0.15, 0.2) is 5.75 Å². The highest BCUT2D eigenvalue weighted by molar-refractivity contribution is 5.24. The maximum atomic E-state index is 11.0. The summed E-state index contributed by atoms with van der Waals surface area (Å²) in [7, 11) is 0. The number of hydrogen-bond acceptors (Lipinski definition) is 2. The Morgan fingerprint density at radius 2 is 2.00 bits per heavy atom. The van der Waals surface area contributed by atoms with Crippen LogP contribution in [0.2, 0.25) is 0 Å². The van der Waals surface area contributed by atoms with Crippen molar-refractivity contribution >= 4 is 0 Å². The van der Waals surface area contributed by atoms with E-state index >= 15 is 0 Å². The van der Waals surface area contributed by atoms with E-state index in [0.29, 0.717) is 0 Å². The van der Waals surface area contributed by atoms with Crippen LogP contribution in [0.3, 0.4) is 0 Å². The molecule has 68 valence electrons. The topological polar surface area (TPSA) is 37.3 Å². The molecular weight excluding hydrogens is 164 g/mol. The predicted octanol–water partition coefficient (Wildman–Crippen LogP) is 1.87. The second-order valence-corrected chi connectivity index (χ2v) is 2.76. The molecule has 2 nitrogen and oxygen atoms in total. The number of hydrogen-bond donors (Lipinski definition) is 1. The summed E-state index contributed by atoms with van der Waals surface area (Å²) in [6.45, 7) is 1.94. The maximum Gasteiger partial charge on any atom is 0.220 e. The van der Waals surface area contributed by atoms with Crippen molar-refractivity contribution in [2.24, 2.45) is 0 Å². The first-order valence-corrected chi connectivity index (χ1v) is 4.17. The van der Waals surface area contributed by atoms with E-state index in [9.17, 15) is 4.79 Å². The molecule has 0 amide bonds. The van der Waals surface area contributed by atoms with Gasteiger partial charge in [-0.1, -0.05) is 24.3 Å². The van der Waals surface area contributed by atoms with Crippen LogP contribution in [0.5, 0.6) is 5.75 Å². The minimum atomic E-state index is -0.341. The van der Waals surface area contributed by atoms with E-state index in [1.165, 1.54) is 12.1 Å². The van der Waals surface area contributed by atoms with Gasteiger partial charge >= 0.3 is 0 Å². The summed E-state index contributed by atoms with van der Waals surface area (Å²) in [5.41, 5.74) is 0.669. The largest absolute Gasteiger partial charge is 0.504 e. The highest BCUT2D eigenvalue weighted by Crippen LogP contribution is 2.02. The summed E-state index contributed by atoms with van der Waals surface area (Å²) in [5.74, 6) is -0.202. The first kappa shape index (κ1) is 9.52. The Labute approximate surface area is 77.2 Å². The van der Waals surface area contributed by atoms with Gasteiger partial charge in [-0.3, -0.25) is 4.79 Å². The van der Waals surface area contributed by atoms with E-state index < -0.39 is 0 Å². The van der Waals surface area contributed by atoms with Crippen molar-refractivity contribution in [1.82, 2.24) is 0 Å². The van der Waals surface area contributed by atoms with Crippen LogP contribution < -0.4 is 5.43 Å². The van der Waals surface area contributed by atoms with E-state index in [4.69, 9.17) is 5.11 Å². The fourth-order valence-electron chi connectivity index (χ4n) is 0.982. The van der Waals surface area contributed by atoms with Crippen LogP contribution in [0.4, 0.5) is 0 Å². The van der Waals surface area contributed by atoms with Gasteiger partial charge in [0.25, 0.3) is 0 Å². The first-order valence-electron chi connectivity index (χ1n) is 4.17. The van der Waals surface area contributed by atoms with E-state index in [1.807, 2.05) is 19.1 Å². The third kappa shape index (κ3) is 2.75. The Kier molecular flexibility index (Phi) is 3.26. The third-order valence-electron chi connectivity index (χ3n) is 1.75. The average molecular weight is 176 g/mol.